The van der Waals surface area contributed by atoms with Crippen molar-refractivity contribution in [3.63, 3.8) is 0 Å². The van der Waals surface area contributed by atoms with Crippen LogP contribution < -0.4 is 0 Å². The highest BCUT2D eigenvalue weighted by molar-refractivity contribution is 4.10. The largest absolute Gasteiger partial charge is 0.388 e. The first kappa shape index (κ1) is 10.8. The smallest absolute Gasteiger partial charge is 0.151 e. The molecule has 0 heterocycles. The van der Waals surface area contributed by atoms with Crippen LogP contribution in [0, 0.1) is 0 Å². The van der Waals surface area contributed by atoms with E-state index in [4.69, 9.17) is 5.11 Å². The molecular weight excluding hydrogens is 108 g/mol. The van der Waals surface area contributed by atoms with Crippen molar-refractivity contribution in [1.29, 1.82) is 0 Å². The number of hydrogen-bond donors (Lipinski definition) is 1. The minimum Gasteiger partial charge on any atom is -0.388 e. The van der Waals surface area contributed by atoms with Crippen LogP contribution in [0.1, 0.15) is 6.92 Å². The topological polar surface area (TPSA) is 38.7 Å². The zero-order chi connectivity index (χ0) is 6.99. The van der Waals surface area contributed by atoms with Gasteiger partial charge in [0.2, 0.25) is 0 Å². The van der Waals surface area contributed by atoms with Gasteiger partial charge in [-0.25, -0.2) is 0 Å². The highest BCUT2D eigenvalue weighted by atomic mass is 16.6. The van der Waals surface area contributed by atoms with Gasteiger partial charge in [-0.1, -0.05) is 0 Å². The van der Waals surface area contributed by atoms with Crippen LogP contribution in [0.2, 0.25) is 0 Å². The summed E-state index contributed by atoms with van der Waals surface area (Å²) in [5.41, 5.74) is 0. The molecule has 1 unspecified atom stereocenters. The lowest BCUT2D eigenvalue weighted by Crippen LogP contribution is -1.99. The first-order valence-electron chi connectivity index (χ1n) is 2.30. The number of aliphatic hydroxyl groups excluding tert-OH is 1. The van der Waals surface area contributed by atoms with Gasteiger partial charge in [-0.05, 0) is 6.92 Å². The predicted octanol–water partition coefficient (Wildman–Crippen LogP) is 0.234. The van der Waals surface area contributed by atoms with Crippen LogP contribution in [0.3, 0.4) is 0 Å². The van der Waals surface area contributed by atoms with Crippen LogP contribution in [0.15, 0.2) is 0 Å². The zero-order valence-electron chi connectivity index (χ0n) is 5.84. The first-order valence-corrected chi connectivity index (χ1v) is 2.30. The molecule has 0 fully saturated rings. The second-order valence-corrected chi connectivity index (χ2v) is 1.24. The van der Waals surface area contributed by atoms with Crippen molar-refractivity contribution in [3.8, 4) is 0 Å². The third-order valence-electron chi connectivity index (χ3n) is 0.341. The standard InChI is InChI=1S/C3H8O2.C2H6O/c1-3(4)5-2;1-3-2/h3-4H,1-2H3;1-2H3. The maximum atomic E-state index is 8.14. The molecule has 1 N–H and O–H groups in total. The molecule has 0 aliphatic heterocycles. The number of hydrogen-bond acceptors (Lipinski definition) is 3. The SMILES string of the molecule is COC.COC(C)O. The predicted molar refractivity (Wildman–Crippen MR) is 31.6 cm³/mol. The van der Waals surface area contributed by atoms with Gasteiger partial charge in [0.05, 0.1) is 0 Å². The third-order valence-corrected chi connectivity index (χ3v) is 0.341. The van der Waals surface area contributed by atoms with Crippen LogP contribution in [0.5, 0.6) is 0 Å². The Morgan fingerprint density at radius 3 is 1.38 bits per heavy atom. The molecule has 0 rings (SSSR count). The Balaban J connectivity index is 0. The van der Waals surface area contributed by atoms with Crippen molar-refractivity contribution >= 4 is 0 Å². The molecule has 8 heavy (non-hydrogen) atoms. The summed E-state index contributed by atoms with van der Waals surface area (Å²) in [5.74, 6) is 0. The van der Waals surface area contributed by atoms with E-state index < -0.39 is 6.29 Å². The molecule has 0 aliphatic rings. The maximum Gasteiger partial charge on any atom is 0.151 e. The summed E-state index contributed by atoms with van der Waals surface area (Å²) < 4.78 is 8.56. The molecule has 0 spiro atoms. The van der Waals surface area contributed by atoms with E-state index in [1.54, 1.807) is 21.1 Å². The van der Waals surface area contributed by atoms with E-state index in [2.05, 4.69) is 9.47 Å². The maximum absolute atomic E-state index is 8.14. The van der Waals surface area contributed by atoms with Crippen molar-refractivity contribution in [2.24, 2.45) is 0 Å². The Hall–Kier alpha value is -0.120. The van der Waals surface area contributed by atoms with Crippen molar-refractivity contribution in [3.05, 3.63) is 0 Å². The Morgan fingerprint density at radius 1 is 1.25 bits per heavy atom. The number of rotatable bonds is 1. The van der Waals surface area contributed by atoms with Gasteiger partial charge in [-0.3, -0.25) is 0 Å². The van der Waals surface area contributed by atoms with Gasteiger partial charge in [0.1, 0.15) is 0 Å². The Bertz CT molecular complexity index is 28.9. The monoisotopic (exact) mass is 122 g/mol. The average Bonchev–Trinajstić information content (AvgIpc) is 1.69. The van der Waals surface area contributed by atoms with Gasteiger partial charge in [-0.2, -0.15) is 0 Å². The molecule has 0 aromatic carbocycles. The van der Waals surface area contributed by atoms with Gasteiger partial charge in [0.15, 0.2) is 6.29 Å². The second-order valence-electron chi connectivity index (χ2n) is 1.24. The summed E-state index contributed by atoms with van der Waals surface area (Å²) in [6, 6.07) is 0. The quantitative estimate of drug-likeness (QED) is 0.506. The summed E-state index contributed by atoms with van der Waals surface area (Å²) in [5, 5.41) is 8.14. The van der Waals surface area contributed by atoms with Crippen molar-refractivity contribution in [2.75, 3.05) is 21.3 Å². The molecule has 0 radical (unpaired) electrons. The van der Waals surface area contributed by atoms with E-state index in [0.717, 1.165) is 0 Å². The van der Waals surface area contributed by atoms with Crippen molar-refractivity contribution < 1.29 is 14.6 Å². The van der Waals surface area contributed by atoms with E-state index in [1.807, 2.05) is 0 Å². The highest BCUT2D eigenvalue weighted by Gasteiger charge is 1.80. The molecule has 0 bridgehead atoms. The Kier molecular flexibility index (Phi) is 13.5. The van der Waals surface area contributed by atoms with Gasteiger partial charge in [0, 0.05) is 21.3 Å². The first-order chi connectivity index (χ1) is 3.68. The normalized spacial score (nSPS) is 11.6. The molecule has 0 amide bonds. The molecule has 0 aromatic rings. The summed E-state index contributed by atoms with van der Waals surface area (Å²) in [6.45, 7) is 1.56. The fraction of sp³-hybridized carbons (Fsp3) is 1.00. The molecule has 0 aliphatic carbocycles. The molecular formula is C5H14O3. The molecule has 3 heteroatoms. The molecule has 0 saturated carbocycles. The van der Waals surface area contributed by atoms with Gasteiger partial charge < -0.3 is 14.6 Å². The van der Waals surface area contributed by atoms with E-state index in [-0.39, 0.29) is 0 Å². The van der Waals surface area contributed by atoms with Gasteiger partial charge >= 0.3 is 0 Å². The van der Waals surface area contributed by atoms with Crippen LogP contribution in [-0.2, 0) is 9.47 Å². The fourth-order valence-corrected chi connectivity index (χ4v) is 0. The Labute approximate surface area is 50.2 Å². The minimum absolute atomic E-state index is 0.616. The lowest BCUT2D eigenvalue weighted by molar-refractivity contribution is -0.0583. The van der Waals surface area contributed by atoms with Crippen LogP contribution in [-0.4, -0.2) is 32.7 Å². The van der Waals surface area contributed by atoms with E-state index in [1.165, 1.54) is 7.11 Å². The number of methoxy groups -OCH3 is 2. The average molecular weight is 122 g/mol. The van der Waals surface area contributed by atoms with Crippen molar-refractivity contribution in [2.45, 2.75) is 13.2 Å². The van der Waals surface area contributed by atoms with Crippen LogP contribution in [0.25, 0.3) is 0 Å². The van der Waals surface area contributed by atoms with Crippen LogP contribution >= 0.6 is 0 Å². The molecule has 52 valence electrons. The third kappa shape index (κ3) is 39.6. The Morgan fingerprint density at radius 2 is 1.38 bits per heavy atom. The lowest BCUT2D eigenvalue weighted by Gasteiger charge is -1.94. The molecule has 0 saturated heterocycles. The molecule has 0 aromatic heterocycles. The number of aliphatic hydroxyl groups is 1. The van der Waals surface area contributed by atoms with Crippen LogP contribution in [0.4, 0.5) is 0 Å². The number of ether oxygens (including phenoxy) is 2. The summed E-state index contributed by atoms with van der Waals surface area (Å²) in [4.78, 5) is 0. The fourth-order valence-electron chi connectivity index (χ4n) is 0. The van der Waals surface area contributed by atoms with E-state index in [9.17, 15) is 0 Å². The van der Waals surface area contributed by atoms with Crippen molar-refractivity contribution in [1.82, 2.24) is 0 Å². The van der Waals surface area contributed by atoms with E-state index in [0.29, 0.717) is 0 Å². The summed E-state index contributed by atoms with van der Waals surface area (Å²) in [6.07, 6.45) is -0.616. The molecule has 3 nitrogen and oxygen atoms in total. The summed E-state index contributed by atoms with van der Waals surface area (Å²) >= 11 is 0. The summed E-state index contributed by atoms with van der Waals surface area (Å²) in [7, 11) is 4.70. The minimum atomic E-state index is -0.616. The van der Waals surface area contributed by atoms with Gasteiger partial charge in [-0.15, -0.1) is 0 Å². The van der Waals surface area contributed by atoms with Gasteiger partial charge in [0.25, 0.3) is 0 Å². The molecule has 1 atom stereocenters. The second kappa shape index (κ2) is 9.99. The lowest BCUT2D eigenvalue weighted by atomic mass is 10.8. The van der Waals surface area contributed by atoms with E-state index >= 15 is 0 Å². The highest BCUT2D eigenvalue weighted by Crippen LogP contribution is 1.72. The zero-order valence-corrected chi connectivity index (χ0v) is 5.84.